The normalized spacial score (nSPS) is 10.0. The third kappa shape index (κ3) is 3.23. The zero-order chi connectivity index (χ0) is 11.3. The van der Waals surface area contributed by atoms with Crippen LogP contribution in [0.25, 0.3) is 0 Å². The summed E-state index contributed by atoms with van der Waals surface area (Å²) in [6.07, 6.45) is 0.786. The Labute approximate surface area is 87.9 Å². The van der Waals surface area contributed by atoms with Gasteiger partial charge in [-0.05, 0) is 23.6 Å². The van der Waals surface area contributed by atoms with E-state index in [1.807, 2.05) is 13.0 Å². The molecule has 1 aromatic carbocycles. The van der Waals surface area contributed by atoms with Crippen molar-refractivity contribution in [2.75, 3.05) is 11.9 Å². The summed E-state index contributed by atoms with van der Waals surface area (Å²) in [5.41, 5.74) is 2.25. The number of carboxylic acid groups (broad SMARTS) is 1. The largest absolute Gasteiger partial charge is 0.480 e. The molecule has 4 heteroatoms. The monoisotopic (exact) mass is 211 g/mol. The molecule has 82 valence electrons. The third-order valence-corrected chi connectivity index (χ3v) is 2.14. The molecule has 0 fully saturated rings. The van der Waals surface area contributed by atoms with Gasteiger partial charge in [-0.1, -0.05) is 19.1 Å². The van der Waals surface area contributed by atoms with Crippen molar-refractivity contribution in [3.8, 4) is 0 Å². The Morgan fingerprint density at radius 3 is 2.80 bits per heavy atom. The summed E-state index contributed by atoms with van der Waals surface area (Å²) in [5.74, 6) is -0.928. The van der Waals surface area contributed by atoms with Crippen LogP contribution in [0.15, 0.2) is 18.2 Å². The van der Waals surface area contributed by atoms with Gasteiger partial charge in [-0.25, -0.2) is 4.39 Å². The number of hydrogen-bond acceptors (Lipinski definition) is 2. The molecule has 0 heterocycles. The number of nitrogens with one attached hydrogen (secondary N) is 1. The molecule has 2 N–H and O–H groups in total. The maximum atomic E-state index is 12.4. The second-order valence-corrected chi connectivity index (χ2v) is 3.23. The second kappa shape index (κ2) is 5.34. The van der Waals surface area contributed by atoms with Crippen LogP contribution in [0.1, 0.15) is 18.1 Å². The number of aliphatic carboxylic acids is 1. The van der Waals surface area contributed by atoms with Crippen molar-refractivity contribution >= 4 is 11.7 Å². The van der Waals surface area contributed by atoms with E-state index in [1.54, 1.807) is 12.1 Å². The van der Waals surface area contributed by atoms with Crippen LogP contribution in [-0.2, 0) is 17.9 Å². The van der Waals surface area contributed by atoms with Crippen LogP contribution in [0.4, 0.5) is 10.1 Å². The first kappa shape index (κ1) is 11.5. The standard InChI is InChI=1S/C11H14FNO2/c1-2-9-4-3-8(6-12)5-10(9)13-7-11(14)15/h3-5,13H,2,6-7H2,1H3,(H,14,15). The van der Waals surface area contributed by atoms with Crippen LogP contribution in [-0.4, -0.2) is 17.6 Å². The van der Waals surface area contributed by atoms with Gasteiger partial charge in [0.05, 0.1) is 0 Å². The molecule has 1 rings (SSSR count). The number of benzene rings is 1. The first-order chi connectivity index (χ1) is 7.17. The molecule has 0 saturated heterocycles. The fraction of sp³-hybridized carbons (Fsp3) is 0.364. The molecule has 0 radical (unpaired) electrons. The number of alkyl halides is 1. The van der Waals surface area contributed by atoms with E-state index in [4.69, 9.17) is 5.11 Å². The zero-order valence-electron chi connectivity index (χ0n) is 8.59. The third-order valence-electron chi connectivity index (χ3n) is 2.14. The Morgan fingerprint density at radius 2 is 2.27 bits per heavy atom. The summed E-state index contributed by atoms with van der Waals surface area (Å²) in [4.78, 5) is 10.4. The molecule has 1 aromatic rings. The molecular weight excluding hydrogens is 197 g/mol. The number of hydrogen-bond donors (Lipinski definition) is 2. The fourth-order valence-electron chi connectivity index (χ4n) is 1.35. The molecular formula is C11H14FNO2. The molecule has 0 amide bonds. The Balaban J connectivity index is 2.85. The van der Waals surface area contributed by atoms with E-state index in [9.17, 15) is 9.18 Å². The first-order valence-corrected chi connectivity index (χ1v) is 4.80. The fourth-order valence-corrected chi connectivity index (χ4v) is 1.35. The number of carboxylic acids is 1. The summed E-state index contributed by atoms with van der Waals surface area (Å²) < 4.78 is 12.4. The molecule has 3 nitrogen and oxygen atoms in total. The quantitative estimate of drug-likeness (QED) is 0.785. The highest BCUT2D eigenvalue weighted by Crippen LogP contribution is 2.18. The number of anilines is 1. The molecule has 0 bridgehead atoms. The molecule has 0 atom stereocenters. The van der Waals surface area contributed by atoms with E-state index in [1.165, 1.54) is 0 Å². The zero-order valence-corrected chi connectivity index (χ0v) is 8.59. The molecule has 15 heavy (non-hydrogen) atoms. The minimum atomic E-state index is -0.928. The Bertz CT molecular complexity index is 352. The van der Waals surface area contributed by atoms with E-state index in [-0.39, 0.29) is 6.54 Å². The highest BCUT2D eigenvalue weighted by atomic mass is 19.1. The minimum absolute atomic E-state index is 0.150. The topological polar surface area (TPSA) is 49.3 Å². The average molecular weight is 211 g/mol. The Hall–Kier alpha value is -1.58. The van der Waals surface area contributed by atoms with Crippen LogP contribution in [0.3, 0.4) is 0 Å². The van der Waals surface area contributed by atoms with Crippen molar-refractivity contribution in [1.29, 1.82) is 0 Å². The van der Waals surface area contributed by atoms with Gasteiger partial charge in [0.1, 0.15) is 13.2 Å². The molecule has 0 aliphatic heterocycles. The van der Waals surface area contributed by atoms with Gasteiger partial charge < -0.3 is 10.4 Å². The highest BCUT2D eigenvalue weighted by Gasteiger charge is 2.04. The van der Waals surface area contributed by atoms with Gasteiger partial charge in [0, 0.05) is 5.69 Å². The summed E-state index contributed by atoms with van der Waals surface area (Å²) >= 11 is 0. The van der Waals surface area contributed by atoms with Gasteiger partial charge in [-0.3, -0.25) is 4.79 Å². The van der Waals surface area contributed by atoms with Crippen molar-refractivity contribution in [2.24, 2.45) is 0 Å². The predicted octanol–water partition coefficient (Wildman–Crippen LogP) is 2.21. The van der Waals surface area contributed by atoms with Crippen molar-refractivity contribution in [3.63, 3.8) is 0 Å². The SMILES string of the molecule is CCc1ccc(CF)cc1NCC(=O)O. The molecule has 0 unspecified atom stereocenters. The van der Waals surface area contributed by atoms with E-state index in [0.717, 1.165) is 12.0 Å². The predicted molar refractivity (Wildman–Crippen MR) is 56.8 cm³/mol. The molecule has 0 aliphatic rings. The lowest BCUT2D eigenvalue weighted by atomic mass is 10.1. The number of aryl methyl sites for hydroxylation is 1. The smallest absolute Gasteiger partial charge is 0.322 e. The number of halogens is 1. The summed E-state index contributed by atoms with van der Waals surface area (Å²) in [6, 6.07) is 5.19. The minimum Gasteiger partial charge on any atom is -0.480 e. The molecule has 0 aliphatic carbocycles. The van der Waals surface area contributed by atoms with Gasteiger partial charge in [-0.2, -0.15) is 0 Å². The van der Waals surface area contributed by atoms with Crippen LogP contribution >= 0.6 is 0 Å². The Kier molecular flexibility index (Phi) is 4.09. The maximum absolute atomic E-state index is 12.4. The van der Waals surface area contributed by atoms with Crippen molar-refractivity contribution in [2.45, 2.75) is 20.0 Å². The van der Waals surface area contributed by atoms with Crippen molar-refractivity contribution in [3.05, 3.63) is 29.3 Å². The molecule has 0 spiro atoms. The second-order valence-electron chi connectivity index (χ2n) is 3.23. The lowest BCUT2D eigenvalue weighted by Gasteiger charge is -2.10. The summed E-state index contributed by atoms with van der Waals surface area (Å²) in [5, 5.41) is 11.3. The van der Waals surface area contributed by atoms with Gasteiger partial charge in [0.15, 0.2) is 0 Å². The Morgan fingerprint density at radius 1 is 1.53 bits per heavy atom. The van der Waals surface area contributed by atoms with Crippen LogP contribution in [0, 0.1) is 0 Å². The first-order valence-electron chi connectivity index (χ1n) is 4.80. The van der Waals surface area contributed by atoms with E-state index in [0.29, 0.717) is 11.3 Å². The van der Waals surface area contributed by atoms with Crippen molar-refractivity contribution < 1.29 is 14.3 Å². The summed E-state index contributed by atoms with van der Waals surface area (Å²) in [6.45, 7) is 1.28. The van der Waals surface area contributed by atoms with Gasteiger partial charge in [0.2, 0.25) is 0 Å². The van der Waals surface area contributed by atoms with E-state index in [2.05, 4.69) is 5.32 Å². The van der Waals surface area contributed by atoms with Gasteiger partial charge in [-0.15, -0.1) is 0 Å². The van der Waals surface area contributed by atoms with Gasteiger partial charge >= 0.3 is 5.97 Å². The van der Waals surface area contributed by atoms with E-state index >= 15 is 0 Å². The average Bonchev–Trinajstić information content (AvgIpc) is 2.25. The van der Waals surface area contributed by atoms with Crippen LogP contribution in [0.5, 0.6) is 0 Å². The number of carbonyl (C=O) groups is 1. The summed E-state index contributed by atoms with van der Waals surface area (Å²) in [7, 11) is 0. The lowest BCUT2D eigenvalue weighted by Crippen LogP contribution is -2.13. The van der Waals surface area contributed by atoms with Crippen LogP contribution < -0.4 is 5.32 Å². The van der Waals surface area contributed by atoms with Crippen LogP contribution in [0.2, 0.25) is 0 Å². The van der Waals surface area contributed by atoms with Gasteiger partial charge in [0.25, 0.3) is 0 Å². The maximum Gasteiger partial charge on any atom is 0.322 e. The lowest BCUT2D eigenvalue weighted by molar-refractivity contribution is -0.134. The van der Waals surface area contributed by atoms with E-state index < -0.39 is 12.6 Å². The molecule has 0 saturated carbocycles. The highest BCUT2D eigenvalue weighted by molar-refractivity contribution is 5.73. The number of rotatable bonds is 5. The van der Waals surface area contributed by atoms with Crippen molar-refractivity contribution in [1.82, 2.24) is 0 Å². The molecule has 0 aromatic heterocycles.